The zero-order valence-electron chi connectivity index (χ0n) is 16.6. The normalized spacial score (nSPS) is 15.4. The fourth-order valence-electron chi connectivity index (χ4n) is 1.75. The first-order chi connectivity index (χ1) is 12.6. The highest BCUT2D eigenvalue weighted by atomic mass is 79.9. The van der Waals surface area contributed by atoms with Crippen LogP contribution in [0.15, 0.2) is 45.4 Å². The zero-order chi connectivity index (χ0) is 22.7. The van der Waals surface area contributed by atoms with Crippen LogP contribution in [0.1, 0.15) is 53.4 Å². The molecule has 0 radical (unpaired) electrons. The van der Waals surface area contributed by atoms with Crippen LogP contribution in [-0.2, 0) is 0 Å². The summed E-state index contributed by atoms with van der Waals surface area (Å²) in [5, 5.41) is 0.985. The van der Waals surface area contributed by atoms with E-state index in [1.807, 2.05) is 27.7 Å². The number of hydrogen-bond acceptors (Lipinski definition) is 0. The summed E-state index contributed by atoms with van der Waals surface area (Å²) in [6.07, 6.45) is 3.30. The lowest BCUT2D eigenvalue weighted by atomic mass is 10.0. The van der Waals surface area contributed by atoms with Gasteiger partial charge in [0.15, 0.2) is 0 Å². The van der Waals surface area contributed by atoms with Crippen molar-refractivity contribution in [3.8, 4) is 0 Å². The molecule has 0 aliphatic carbocycles. The molecule has 0 aromatic rings. The van der Waals surface area contributed by atoms with Crippen LogP contribution in [0.3, 0.4) is 0 Å². The van der Waals surface area contributed by atoms with Gasteiger partial charge in [0, 0.05) is 30.8 Å². The molecule has 0 aliphatic rings. The fraction of sp³-hybridized carbons (Fsp3) is 0.600. The summed E-state index contributed by atoms with van der Waals surface area (Å²) in [5.41, 5.74) is 4.66. The Morgan fingerprint density at radius 1 is 0.786 bits per heavy atom. The Labute approximate surface area is 217 Å². The van der Waals surface area contributed by atoms with Crippen LogP contribution in [0, 0.1) is 0 Å². The minimum Gasteiger partial charge on any atom is -0.119 e. The maximum absolute atomic E-state index is 6.14. The number of rotatable bonds is 10. The highest BCUT2D eigenvalue weighted by molar-refractivity contribution is 9.09. The topological polar surface area (TPSA) is 0 Å². The Hall–Kier alpha value is 1.66. The molecule has 8 heteroatoms. The predicted molar refractivity (Wildman–Crippen MR) is 142 cm³/mol. The summed E-state index contributed by atoms with van der Waals surface area (Å²) in [4.78, 5) is -0.102. The summed E-state index contributed by atoms with van der Waals surface area (Å²) in [6, 6.07) is 0. The van der Waals surface area contributed by atoms with E-state index in [0.717, 1.165) is 36.8 Å². The van der Waals surface area contributed by atoms with Crippen LogP contribution in [0.25, 0.3) is 0 Å². The molecule has 0 amide bonds. The number of halogens is 8. The molecule has 0 aliphatic heterocycles. The smallest absolute Gasteiger partial charge is 0.0515 e. The van der Waals surface area contributed by atoms with Crippen molar-refractivity contribution in [1.29, 1.82) is 0 Å². The van der Waals surface area contributed by atoms with Crippen LogP contribution in [0.4, 0.5) is 0 Å². The molecule has 0 N–H and O–H groups in total. The third-order valence-electron chi connectivity index (χ3n) is 3.78. The third-order valence-corrected chi connectivity index (χ3v) is 9.06. The van der Waals surface area contributed by atoms with Gasteiger partial charge in [0.1, 0.15) is 0 Å². The second kappa shape index (κ2) is 15.5. The first-order valence-corrected chi connectivity index (χ1v) is 12.7. The Balaban J connectivity index is 0. The van der Waals surface area contributed by atoms with Gasteiger partial charge in [-0.1, -0.05) is 91.4 Å². The Morgan fingerprint density at radius 2 is 1.04 bits per heavy atom. The minimum absolute atomic E-state index is 0.222. The highest BCUT2D eigenvalue weighted by Crippen LogP contribution is 2.32. The van der Waals surface area contributed by atoms with Crippen LogP contribution in [-0.4, -0.2) is 19.4 Å². The SMILES string of the molecule is C=C(Cl)C(=CCl)CCC(Br)C(C)(C)Cl.C=C(Cl)C(=CCl)CCC(Br)C(C)(C)Cl. The average Bonchev–Trinajstić information content (AvgIpc) is 2.53. The van der Waals surface area contributed by atoms with Crippen molar-refractivity contribution in [3.05, 3.63) is 45.4 Å². The number of allylic oxidation sites excluding steroid dienone is 4. The summed E-state index contributed by atoms with van der Waals surface area (Å²) >= 11 is 42.0. The van der Waals surface area contributed by atoms with E-state index in [1.54, 1.807) is 0 Å². The molecule has 0 saturated carbocycles. The van der Waals surface area contributed by atoms with Crippen molar-refractivity contribution in [2.75, 3.05) is 0 Å². The second-order valence-corrected chi connectivity index (χ2v) is 12.7. The van der Waals surface area contributed by atoms with E-state index in [1.165, 1.54) is 11.1 Å². The maximum Gasteiger partial charge on any atom is 0.0515 e. The quantitative estimate of drug-likeness (QED) is 0.165. The molecule has 0 rings (SSSR count). The van der Waals surface area contributed by atoms with Crippen LogP contribution in [0.2, 0.25) is 0 Å². The van der Waals surface area contributed by atoms with Crippen molar-refractivity contribution in [3.63, 3.8) is 0 Å². The molecule has 0 bridgehead atoms. The zero-order valence-corrected chi connectivity index (χ0v) is 24.3. The van der Waals surface area contributed by atoms with E-state index in [0.29, 0.717) is 10.1 Å². The summed E-state index contributed by atoms with van der Waals surface area (Å²) in [7, 11) is 0. The lowest BCUT2D eigenvalue weighted by Gasteiger charge is -2.23. The maximum atomic E-state index is 6.14. The van der Waals surface area contributed by atoms with Crippen LogP contribution in [0.5, 0.6) is 0 Å². The van der Waals surface area contributed by atoms with Crippen molar-refractivity contribution < 1.29 is 0 Å². The highest BCUT2D eigenvalue weighted by Gasteiger charge is 2.25. The van der Waals surface area contributed by atoms with Gasteiger partial charge in [-0.15, -0.1) is 23.2 Å². The van der Waals surface area contributed by atoms with Crippen molar-refractivity contribution in [2.45, 2.75) is 72.8 Å². The first kappa shape index (κ1) is 31.8. The predicted octanol–water partition coefficient (Wildman–Crippen LogP) is 10.8. The molecule has 28 heavy (non-hydrogen) atoms. The van der Waals surface area contributed by atoms with E-state index in [4.69, 9.17) is 69.6 Å². The minimum atomic E-state index is -0.273. The van der Waals surface area contributed by atoms with Crippen LogP contribution >= 0.6 is 101 Å². The lowest BCUT2D eigenvalue weighted by molar-refractivity contribution is 0.618. The van der Waals surface area contributed by atoms with E-state index in [2.05, 4.69) is 45.0 Å². The monoisotopic (exact) mass is 636 g/mol. The van der Waals surface area contributed by atoms with Crippen molar-refractivity contribution in [1.82, 2.24) is 0 Å². The largest absolute Gasteiger partial charge is 0.119 e. The fourth-order valence-corrected chi connectivity index (χ4v) is 3.32. The Bertz CT molecular complexity index is 506. The molecule has 0 aromatic heterocycles. The molecule has 0 heterocycles. The summed E-state index contributed by atoms with van der Waals surface area (Å²) in [6.45, 7) is 15.1. The van der Waals surface area contributed by atoms with E-state index >= 15 is 0 Å². The third kappa shape index (κ3) is 15.5. The molecule has 0 spiro atoms. The average molecular weight is 641 g/mol. The second-order valence-electron chi connectivity index (χ2n) is 7.22. The van der Waals surface area contributed by atoms with Gasteiger partial charge in [0.25, 0.3) is 0 Å². The molecule has 2 atom stereocenters. The molecular weight excluding hydrogens is 613 g/mol. The molecule has 164 valence electrons. The summed E-state index contributed by atoms with van der Waals surface area (Å²) < 4.78 is 0. The van der Waals surface area contributed by atoms with Gasteiger partial charge >= 0.3 is 0 Å². The van der Waals surface area contributed by atoms with Gasteiger partial charge in [0.05, 0.1) is 9.75 Å². The van der Waals surface area contributed by atoms with E-state index < -0.39 is 0 Å². The van der Waals surface area contributed by atoms with Gasteiger partial charge in [-0.25, -0.2) is 0 Å². The van der Waals surface area contributed by atoms with Gasteiger partial charge in [-0.2, -0.15) is 0 Å². The molecular formula is C20H28Br2Cl6. The van der Waals surface area contributed by atoms with Gasteiger partial charge in [-0.3, -0.25) is 0 Å². The molecule has 0 nitrogen and oxygen atoms in total. The van der Waals surface area contributed by atoms with Gasteiger partial charge in [-0.05, 0) is 64.5 Å². The Kier molecular flexibility index (Phi) is 17.6. The van der Waals surface area contributed by atoms with E-state index in [9.17, 15) is 0 Å². The summed E-state index contributed by atoms with van der Waals surface area (Å²) in [5.74, 6) is 0. The van der Waals surface area contributed by atoms with Gasteiger partial charge in [0.2, 0.25) is 0 Å². The first-order valence-electron chi connectivity index (χ1n) is 8.51. The lowest BCUT2D eigenvalue weighted by Crippen LogP contribution is -2.24. The van der Waals surface area contributed by atoms with Crippen LogP contribution < -0.4 is 0 Å². The van der Waals surface area contributed by atoms with Crippen molar-refractivity contribution in [2.24, 2.45) is 0 Å². The molecule has 0 fully saturated rings. The number of alkyl halides is 4. The molecule has 2 unspecified atom stereocenters. The Morgan fingerprint density at radius 3 is 1.18 bits per heavy atom. The molecule has 0 saturated heterocycles. The van der Waals surface area contributed by atoms with E-state index in [-0.39, 0.29) is 19.4 Å². The number of hydrogen-bond donors (Lipinski definition) is 0. The van der Waals surface area contributed by atoms with Crippen molar-refractivity contribution >= 4 is 101 Å². The molecule has 0 aromatic carbocycles. The standard InChI is InChI=1S/2C10H14BrCl3/c2*1-7(13)8(6-12)4-5-9(11)10(2,3)14/h2*6,9H,1,4-5H2,2-3H3. The van der Waals surface area contributed by atoms with Gasteiger partial charge < -0.3 is 0 Å².